The molecule has 0 aliphatic carbocycles. The molecule has 7 nitrogen and oxygen atoms in total. The minimum atomic E-state index is -0.803. The molecule has 19 heavy (non-hydrogen) atoms. The summed E-state index contributed by atoms with van der Waals surface area (Å²) >= 11 is 0. The molecule has 0 spiro atoms. The van der Waals surface area contributed by atoms with Crippen LogP contribution >= 0.6 is 0 Å². The minimum absolute atomic E-state index is 0.0552. The average molecular weight is 267 g/mol. The van der Waals surface area contributed by atoms with E-state index in [-0.39, 0.29) is 18.4 Å². The number of rotatable bonds is 4. The number of amides is 1. The topological polar surface area (TPSA) is 95.7 Å². The Morgan fingerprint density at radius 1 is 1.58 bits per heavy atom. The lowest BCUT2D eigenvalue weighted by Crippen LogP contribution is -2.32. The van der Waals surface area contributed by atoms with Crippen LogP contribution in [0.5, 0.6) is 0 Å². The van der Waals surface area contributed by atoms with Gasteiger partial charge in [-0.1, -0.05) is 12.1 Å². The van der Waals surface area contributed by atoms with E-state index in [1.54, 1.807) is 13.0 Å². The van der Waals surface area contributed by atoms with Gasteiger partial charge in [0.25, 0.3) is 0 Å². The van der Waals surface area contributed by atoms with Crippen molar-refractivity contribution in [3.05, 3.63) is 11.8 Å². The molecule has 1 aromatic rings. The summed E-state index contributed by atoms with van der Waals surface area (Å²) in [5.41, 5.74) is 0. The molecule has 0 saturated carbocycles. The zero-order valence-corrected chi connectivity index (χ0v) is 10.9. The number of carboxylic acid groups (broad SMARTS) is 1. The molecule has 104 valence electrons. The maximum Gasteiger partial charge on any atom is 0.308 e. The predicted molar refractivity (Wildman–Crippen MR) is 66.6 cm³/mol. The van der Waals surface area contributed by atoms with Crippen molar-refractivity contribution >= 4 is 17.7 Å². The van der Waals surface area contributed by atoms with E-state index in [2.05, 4.69) is 10.5 Å². The molecule has 7 heteroatoms. The lowest BCUT2D eigenvalue weighted by molar-refractivity contribution is -0.142. The van der Waals surface area contributed by atoms with Crippen molar-refractivity contribution in [2.45, 2.75) is 13.8 Å². The Bertz CT molecular complexity index is 485. The maximum absolute atomic E-state index is 11.8. The van der Waals surface area contributed by atoms with Crippen molar-refractivity contribution in [3.63, 3.8) is 0 Å². The highest BCUT2D eigenvalue weighted by molar-refractivity contribution is 5.91. The zero-order valence-electron chi connectivity index (χ0n) is 10.9. The Kier molecular flexibility index (Phi) is 3.84. The fourth-order valence-corrected chi connectivity index (χ4v) is 2.33. The molecule has 2 N–H and O–H groups in total. The number of anilines is 1. The Hall–Kier alpha value is -1.89. The van der Waals surface area contributed by atoms with Crippen LogP contribution in [-0.2, 0) is 9.59 Å². The number of carboxylic acids is 1. The van der Waals surface area contributed by atoms with Crippen LogP contribution in [0.3, 0.4) is 0 Å². The number of carbonyl (C=O) groups excluding carboxylic acids is 1. The van der Waals surface area contributed by atoms with Crippen LogP contribution in [-0.4, -0.2) is 46.7 Å². The third-order valence-corrected chi connectivity index (χ3v) is 3.27. The van der Waals surface area contributed by atoms with Gasteiger partial charge in [0.1, 0.15) is 5.76 Å². The number of likely N-dealkylation sites (tertiary alicyclic amines) is 1. The van der Waals surface area contributed by atoms with Crippen LogP contribution in [0.2, 0.25) is 0 Å². The number of aromatic nitrogens is 1. The molecule has 2 unspecified atom stereocenters. The van der Waals surface area contributed by atoms with Crippen LogP contribution in [0.15, 0.2) is 10.6 Å². The van der Waals surface area contributed by atoms with Gasteiger partial charge in [-0.3, -0.25) is 14.5 Å². The number of aliphatic carboxylic acids is 1. The highest BCUT2D eigenvalue weighted by Crippen LogP contribution is 2.22. The van der Waals surface area contributed by atoms with Gasteiger partial charge >= 0.3 is 5.97 Å². The third kappa shape index (κ3) is 3.31. The average Bonchev–Trinajstić information content (AvgIpc) is 2.85. The van der Waals surface area contributed by atoms with Crippen molar-refractivity contribution in [1.29, 1.82) is 0 Å². The van der Waals surface area contributed by atoms with Crippen molar-refractivity contribution in [2.75, 3.05) is 25.0 Å². The first-order valence-electron chi connectivity index (χ1n) is 6.14. The number of hydrogen-bond acceptors (Lipinski definition) is 5. The van der Waals surface area contributed by atoms with Gasteiger partial charge in [0.05, 0.1) is 12.5 Å². The number of aryl methyl sites for hydroxylation is 1. The van der Waals surface area contributed by atoms with Gasteiger partial charge in [-0.15, -0.1) is 0 Å². The molecule has 2 rings (SSSR count). The maximum atomic E-state index is 11.8. The second kappa shape index (κ2) is 5.40. The van der Waals surface area contributed by atoms with Crippen LogP contribution in [0.1, 0.15) is 12.7 Å². The summed E-state index contributed by atoms with van der Waals surface area (Å²) in [5, 5.41) is 15.3. The van der Waals surface area contributed by atoms with E-state index in [0.29, 0.717) is 24.7 Å². The molecule has 1 amide bonds. The summed E-state index contributed by atoms with van der Waals surface area (Å²) in [7, 11) is 0. The van der Waals surface area contributed by atoms with E-state index in [4.69, 9.17) is 9.63 Å². The van der Waals surface area contributed by atoms with E-state index in [1.165, 1.54) is 0 Å². The molecule has 2 heterocycles. The van der Waals surface area contributed by atoms with Crippen LogP contribution < -0.4 is 5.32 Å². The van der Waals surface area contributed by atoms with Gasteiger partial charge in [0.2, 0.25) is 5.91 Å². The minimum Gasteiger partial charge on any atom is -0.481 e. The van der Waals surface area contributed by atoms with E-state index in [9.17, 15) is 9.59 Å². The molecule has 1 saturated heterocycles. The molecule has 1 aliphatic heterocycles. The largest absolute Gasteiger partial charge is 0.481 e. The SMILES string of the molecule is Cc1cc(NC(=O)CN2CC(C)C(C(=O)O)C2)no1. The molecular weight excluding hydrogens is 250 g/mol. The number of hydrogen-bond donors (Lipinski definition) is 2. The molecule has 0 bridgehead atoms. The van der Waals surface area contributed by atoms with Crippen molar-refractivity contribution in [2.24, 2.45) is 11.8 Å². The predicted octanol–water partition coefficient (Wildman–Crippen LogP) is 0.574. The van der Waals surface area contributed by atoms with Gasteiger partial charge in [0.15, 0.2) is 5.82 Å². The standard InChI is InChI=1S/C12H17N3O4/c1-7-4-15(5-9(7)12(17)18)6-11(16)13-10-3-8(2)19-14-10/h3,7,9H,4-6H2,1-2H3,(H,17,18)(H,13,14,16). The molecule has 1 aromatic heterocycles. The van der Waals surface area contributed by atoms with Crippen LogP contribution in [0.4, 0.5) is 5.82 Å². The van der Waals surface area contributed by atoms with Crippen molar-refractivity contribution < 1.29 is 19.2 Å². The zero-order chi connectivity index (χ0) is 14.0. The second-order valence-electron chi connectivity index (χ2n) is 4.99. The number of nitrogens with one attached hydrogen (secondary N) is 1. The Morgan fingerprint density at radius 3 is 2.84 bits per heavy atom. The summed E-state index contributed by atoms with van der Waals surface area (Å²) in [6.45, 7) is 4.81. The first kappa shape index (κ1) is 13.5. The fraction of sp³-hybridized carbons (Fsp3) is 0.583. The second-order valence-corrected chi connectivity index (χ2v) is 4.99. The monoisotopic (exact) mass is 267 g/mol. The van der Waals surface area contributed by atoms with Gasteiger partial charge in [-0.05, 0) is 12.8 Å². The highest BCUT2D eigenvalue weighted by atomic mass is 16.5. The van der Waals surface area contributed by atoms with Crippen LogP contribution in [0.25, 0.3) is 0 Å². The first-order chi connectivity index (χ1) is 8.95. The normalized spacial score (nSPS) is 23.5. The molecule has 0 radical (unpaired) electrons. The quantitative estimate of drug-likeness (QED) is 0.828. The van der Waals surface area contributed by atoms with E-state index in [0.717, 1.165) is 0 Å². The molecular formula is C12H17N3O4. The molecule has 2 atom stereocenters. The molecule has 1 aliphatic rings. The lowest BCUT2D eigenvalue weighted by Gasteiger charge is -2.13. The van der Waals surface area contributed by atoms with Gasteiger partial charge in [0, 0.05) is 19.2 Å². The van der Waals surface area contributed by atoms with E-state index < -0.39 is 11.9 Å². The smallest absolute Gasteiger partial charge is 0.308 e. The Balaban J connectivity index is 1.85. The number of nitrogens with zero attached hydrogens (tertiary/aromatic N) is 2. The fourth-order valence-electron chi connectivity index (χ4n) is 2.33. The van der Waals surface area contributed by atoms with Crippen LogP contribution in [0, 0.1) is 18.8 Å². The van der Waals surface area contributed by atoms with Crippen molar-refractivity contribution in [1.82, 2.24) is 10.1 Å². The van der Waals surface area contributed by atoms with Gasteiger partial charge in [-0.2, -0.15) is 0 Å². The van der Waals surface area contributed by atoms with Crippen molar-refractivity contribution in [3.8, 4) is 0 Å². The summed E-state index contributed by atoms with van der Waals surface area (Å²) in [5.74, 6) is -0.365. The molecule has 1 fully saturated rings. The third-order valence-electron chi connectivity index (χ3n) is 3.27. The van der Waals surface area contributed by atoms with Gasteiger partial charge in [-0.25, -0.2) is 0 Å². The Morgan fingerprint density at radius 2 is 2.32 bits per heavy atom. The van der Waals surface area contributed by atoms with E-state index in [1.807, 2.05) is 11.8 Å². The first-order valence-corrected chi connectivity index (χ1v) is 6.14. The summed E-state index contributed by atoms with van der Waals surface area (Å²) in [6, 6.07) is 1.63. The van der Waals surface area contributed by atoms with Gasteiger partial charge < -0.3 is 14.9 Å². The van der Waals surface area contributed by atoms with E-state index >= 15 is 0 Å². The lowest BCUT2D eigenvalue weighted by atomic mass is 9.99. The Labute approximate surface area is 110 Å². The highest BCUT2D eigenvalue weighted by Gasteiger charge is 2.35. The summed E-state index contributed by atoms with van der Waals surface area (Å²) in [6.07, 6.45) is 0. The number of carbonyl (C=O) groups is 2. The summed E-state index contributed by atoms with van der Waals surface area (Å²) in [4.78, 5) is 24.6. The molecule has 0 aromatic carbocycles. The summed E-state index contributed by atoms with van der Waals surface area (Å²) < 4.78 is 4.84.